The summed E-state index contributed by atoms with van der Waals surface area (Å²) in [6, 6.07) is 1.71. The standard InChI is InChI=1S/C8H6N4/c1-10-8-11-5-7(6-12-8)3-2-4-9/h5-6H,1H3,(H,10,11,12). The highest BCUT2D eigenvalue weighted by Crippen LogP contribution is 1.96. The predicted octanol–water partition coefficient (Wildman–Crippen LogP) is 0.393. The third-order valence-corrected chi connectivity index (χ3v) is 1.14. The number of nitrogens with one attached hydrogen (secondary N) is 1. The molecule has 4 nitrogen and oxygen atoms in total. The Kier molecular flexibility index (Phi) is 2.64. The summed E-state index contributed by atoms with van der Waals surface area (Å²) in [5.74, 6) is 5.38. The molecule has 1 aromatic rings. The summed E-state index contributed by atoms with van der Waals surface area (Å²) in [6.07, 6.45) is 3.12. The van der Waals surface area contributed by atoms with Gasteiger partial charge in [0.05, 0.1) is 5.56 Å². The number of aromatic nitrogens is 2. The third-order valence-electron chi connectivity index (χ3n) is 1.14. The van der Waals surface area contributed by atoms with Gasteiger partial charge >= 0.3 is 0 Å². The van der Waals surface area contributed by atoms with Crippen LogP contribution in [0.15, 0.2) is 12.4 Å². The first-order chi connectivity index (χ1) is 5.86. The van der Waals surface area contributed by atoms with Gasteiger partial charge in [-0.2, -0.15) is 5.26 Å². The van der Waals surface area contributed by atoms with E-state index in [1.54, 1.807) is 25.5 Å². The van der Waals surface area contributed by atoms with E-state index in [1.807, 2.05) is 0 Å². The first kappa shape index (κ1) is 8.03. The van der Waals surface area contributed by atoms with Gasteiger partial charge in [-0.3, -0.25) is 0 Å². The van der Waals surface area contributed by atoms with Crippen molar-refractivity contribution in [2.45, 2.75) is 0 Å². The van der Waals surface area contributed by atoms with E-state index in [9.17, 15) is 0 Å². The van der Waals surface area contributed by atoms with Crippen molar-refractivity contribution in [2.24, 2.45) is 0 Å². The second-order valence-electron chi connectivity index (χ2n) is 1.91. The Balaban J connectivity index is 2.87. The zero-order chi connectivity index (χ0) is 8.81. The Morgan fingerprint density at radius 1 is 1.42 bits per heavy atom. The molecule has 1 aromatic heterocycles. The quantitative estimate of drug-likeness (QED) is 0.601. The van der Waals surface area contributed by atoms with Crippen LogP contribution in [0.5, 0.6) is 0 Å². The molecule has 0 fully saturated rings. The van der Waals surface area contributed by atoms with Crippen molar-refractivity contribution in [3.05, 3.63) is 18.0 Å². The molecule has 0 spiro atoms. The fourth-order valence-electron chi connectivity index (χ4n) is 0.622. The largest absolute Gasteiger partial charge is 0.357 e. The third kappa shape index (κ3) is 1.96. The highest BCUT2D eigenvalue weighted by atomic mass is 15.1. The molecule has 58 valence electrons. The normalized spacial score (nSPS) is 7.67. The fourth-order valence-corrected chi connectivity index (χ4v) is 0.622. The monoisotopic (exact) mass is 158 g/mol. The molecule has 0 unspecified atom stereocenters. The van der Waals surface area contributed by atoms with Crippen LogP contribution in [0, 0.1) is 23.2 Å². The molecule has 0 amide bonds. The van der Waals surface area contributed by atoms with Crippen LogP contribution in [-0.4, -0.2) is 17.0 Å². The lowest BCUT2D eigenvalue weighted by atomic mass is 10.3. The van der Waals surface area contributed by atoms with Gasteiger partial charge in [0.2, 0.25) is 5.95 Å². The van der Waals surface area contributed by atoms with Crippen molar-refractivity contribution >= 4 is 5.95 Å². The van der Waals surface area contributed by atoms with E-state index < -0.39 is 0 Å². The highest BCUT2D eigenvalue weighted by Gasteiger charge is 1.90. The lowest BCUT2D eigenvalue weighted by molar-refractivity contribution is 1.14. The molecule has 4 heteroatoms. The van der Waals surface area contributed by atoms with Gasteiger partial charge < -0.3 is 5.32 Å². The molecule has 1 rings (SSSR count). The molecule has 0 bridgehead atoms. The van der Waals surface area contributed by atoms with E-state index in [4.69, 9.17) is 5.26 Å². The van der Waals surface area contributed by atoms with Crippen LogP contribution < -0.4 is 5.32 Å². The predicted molar refractivity (Wildman–Crippen MR) is 44.1 cm³/mol. The molecule has 12 heavy (non-hydrogen) atoms. The summed E-state index contributed by atoms with van der Waals surface area (Å²) >= 11 is 0. The Hall–Kier alpha value is -2.07. The maximum Gasteiger partial charge on any atom is 0.222 e. The maximum absolute atomic E-state index is 8.15. The zero-order valence-corrected chi connectivity index (χ0v) is 6.50. The Morgan fingerprint density at radius 2 is 2.08 bits per heavy atom. The summed E-state index contributed by atoms with van der Waals surface area (Å²) in [7, 11) is 1.73. The van der Waals surface area contributed by atoms with Crippen LogP contribution in [0.2, 0.25) is 0 Å². The van der Waals surface area contributed by atoms with Gasteiger partial charge in [-0.25, -0.2) is 9.97 Å². The fraction of sp³-hybridized carbons (Fsp3) is 0.125. The molecule has 1 N–H and O–H groups in total. The van der Waals surface area contributed by atoms with Crippen molar-refractivity contribution in [1.82, 2.24) is 9.97 Å². The van der Waals surface area contributed by atoms with Crippen molar-refractivity contribution in [3.8, 4) is 17.9 Å². The first-order valence-corrected chi connectivity index (χ1v) is 3.26. The zero-order valence-electron chi connectivity index (χ0n) is 6.50. The van der Waals surface area contributed by atoms with E-state index in [2.05, 4.69) is 27.1 Å². The van der Waals surface area contributed by atoms with Crippen LogP contribution in [0.1, 0.15) is 5.56 Å². The van der Waals surface area contributed by atoms with Gasteiger partial charge in [-0.05, 0) is 5.92 Å². The number of hydrogen-bond donors (Lipinski definition) is 1. The molecule has 0 saturated carbocycles. The molecular weight excluding hydrogens is 152 g/mol. The molecule has 0 aromatic carbocycles. The van der Waals surface area contributed by atoms with Gasteiger partial charge in [0, 0.05) is 25.4 Å². The Bertz CT molecular complexity index is 349. The average molecular weight is 158 g/mol. The lowest BCUT2D eigenvalue weighted by Crippen LogP contribution is -1.95. The van der Waals surface area contributed by atoms with Crippen molar-refractivity contribution in [1.29, 1.82) is 5.26 Å². The second kappa shape index (κ2) is 3.95. The van der Waals surface area contributed by atoms with Gasteiger partial charge in [-0.1, -0.05) is 0 Å². The highest BCUT2D eigenvalue weighted by molar-refractivity contribution is 5.36. The van der Waals surface area contributed by atoms with E-state index in [-0.39, 0.29) is 0 Å². The van der Waals surface area contributed by atoms with E-state index in [0.29, 0.717) is 11.5 Å². The minimum atomic E-state index is 0.539. The number of hydrogen-bond acceptors (Lipinski definition) is 4. The number of rotatable bonds is 1. The van der Waals surface area contributed by atoms with Crippen LogP contribution in [-0.2, 0) is 0 Å². The molecule has 0 aliphatic rings. The van der Waals surface area contributed by atoms with Crippen LogP contribution in [0.4, 0.5) is 5.95 Å². The van der Waals surface area contributed by atoms with Gasteiger partial charge in [0.25, 0.3) is 0 Å². The SMILES string of the molecule is CNc1ncc(C#CC#N)cn1. The topological polar surface area (TPSA) is 61.6 Å². The molecule has 0 atom stereocenters. The number of anilines is 1. The minimum absolute atomic E-state index is 0.539. The van der Waals surface area contributed by atoms with E-state index in [0.717, 1.165) is 0 Å². The minimum Gasteiger partial charge on any atom is -0.357 e. The van der Waals surface area contributed by atoms with Crippen LogP contribution in [0.25, 0.3) is 0 Å². The molecule has 0 aliphatic carbocycles. The number of nitrogens with zero attached hydrogens (tertiary/aromatic N) is 3. The van der Waals surface area contributed by atoms with Crippen molar-refractivity contribution < 1.29 is 0 Å². The van der Waals surface area contributed by atoms with Crippen LogP contribution >= 0.6 is 0 Å². The molecule has 0 aliphatic heterocycles. The summed E-state index contributed by atoms with van der Waals surface area (Å²) in [4.78, 5) is 7.83. The van der Waals surface area contributed by atoms with Gasteiger partial charge in [-0.15, -0.1) is 0 Å². The number of nitriles is 1. The summed E-state index contributed by atoms with van der Waals surface area (Å²) < 4.78 is 0. The maximum atomic E-state index is 8.15. The smallest absolute Gasteiger partial charge is 0.222 e. The van der Waals surface area contributed by atoms with Crippen molar-refractivity contribution in [3.63, 3.8) is 0 Å². The van der Waals surface area contributed by atoms with E-state index >= 15 is 0 Å². The average Bonchev–Trinajstić information content (AvgIpc) is 2.15. The van der Waals surface area contributed by atoms with E-state index in [1.165, 1.54) is 0 Å². The summed E-state index contributed by atoms with van der Waals surface area (Å²) in [5, 5.41) is 10.9. The van der Waals surface area contributed by atoms with Gasteiger partial charge in [0.15, 0.2) is 6.07 Å². The second-order valence-corrected chi connectivity index (χ2v) is 1.91. The van der Waals surface area contributed by atoms with Crippen molar-refractivity contribution in [2.75, 3.05) is 12.4 Å². The lowest BCUT2D eigenvalue weighted by Gasteiger charge is -1.94. The Labute approximate surface area is 70.3 Å². The molecule has 0 radical (unpaired) electrons. The molecule has 1 heterocycles. The Morgan fingerprint density at radius 3 is 2.58 bits per heavy atom. The summed E-state index contributed by atoms with van der Waals surface area (Å²) in [5.41, 5.74) is 0.635. The molecule has 0 saturated heterocycles. The molecular formula is C8H6N4. The van der Waals surface area contributed by atoms with Crippen LogP contribution in [0.3, 0.4) is 0 Å². The first-order valence-electron chi connectivity index (χ1n) is 3.26. The summed E-state index contributed by atoms with van der Waals surface area (Å²) in [6.45, 7) is 0. The van der Waals surface area contributed by atoms with Gasteiger partial charge in [0.1, 0.15) is 0 Å².